The average molecular weight is 258 g/mol. The van der Waals surface area contributed by atoms with Gasteiger partial charge < -0.3 is 11.1 Å². The van der Waals surface area contributed by atoms with Crippen LogP contribution >= 0.6 is 0 Å². The average Bonchev–Trinajstić information content (AvgIpc) is 2.37. The van der Waals surface area contributed by atoms with E-state index in [2.05, 4.69) is 5.32 Å². The van der Waals surface area contributed by atoms with Crippen LogP contribution in [0.15, 0.2) is 42.5 Å². The van der Waals surface area contributed by atoms with Gasteiger partial charge in [-0.2, -0.15) is 0 Å². The Bertz CT molecular complexity index is 573. The van der Waals surface area contributed by atoms with Gasteiger partial charge in [0.1, 0.15) is 5.82 Å². The number of rotatable bonds is 3. The predicted molar refractivity (Wildman–Crippen MR) is 74.3 cm³/mol. The molecule has 2 aromatic carbocycles. The quantitative estimate of drug-likeness (QED) is 0.832. The zero-order valence-corrected chi connectivity index (χ0v) is 10.6. The molecule has 4 heteroatoms. The van der Waals surface area contributed by atoms with Crippen LogP contribution in [0.1, 0.15) is 11.1 Å². The van der Waals surface area contributed by atoms with Crippen LogP contribution in [0.2, 0.25) is 0 Å². The molecule has 0 aliphatic rings. The van der Waals surface area contributed by atoms with Gasteiger partial charge in [-0.3, -0.25) is 4.79 Å². The molecule has 0 radical (unpaired) electrons. The first-order valence-corrected chi connectivity index (χ1v) is 5.95. The van der Waals surface area contributed by atoms with Crippen LogP contribution in [0.5, 0.6) is 0 Å². The van der Waals surface area contributed by atoms with Crippen LogP contribution in [-0.4, -0.2) is 5.91 Å². The molecule has 98 valence electrons. The van der Waals surface area contributed by atoms with E-state index in [-0.39, 0.29) is 18.0 Å². The molecular formula is C15H15FN2O. The van der Waals surface area contributed by atoms with Crippen molar-refractivity contribution in [2.24, 2.45) is 0 Å². The summed E-state index contributed by atoms with van der Waals surface area (Å²) >= 11 is 0. The van der Waals surface area contributed by atoms with Gasteiger partial charge >= 0.3 is 0 Å². The van der Waals surface area contributed by atoms with E-state index in [0.29, 0.717) is 11.3 Å². The molecule has 0 unspecified atom stereocenters. The van der Waals surface area contributed by atoms with E-state index in [0.717, 1.165) is 5.56 Å². The molecule has 0 aromatic heterocycles. The number of nitrogens with one attached hydrogen (secondary N) is 1. The molecule has 2 rings (SSSR count). The van der Waals surface area contributed by atoms with Crippen LogP contribution in [0.25, 0.3) is 0 Å². The van der Waals surface area contributed by atoms with Gasteiger partial charge in [-0.25, -0.2) is 4.39 Å². The first-order valence-electron chi connectivity index (χ1n) is 5.95. The third-order valence-electron chi connectivity index (χ3n) is 2.83. The highest BCUT2D eigenvalue weighted by Gasteiger charge is 2.09. The molecule has 2 aromatic rings. The second-order valence-corrected chi connectivity index (χ2v) is 4.40. The van der Waals surface area contributed by atoms with Gasteiger partial charge in [-0.05, 0) is 36.2 Å². The third-order valence-corrected chi connectivity index (χ3v) is 2.83. The lowest BCUT2D eigenvalue weighted by molar-refractivity contribution is -0.115. The maximum absolute atomic E-state index is 13.6. The van der Waals surface area contributed by atoms with Crippen molar-refractivity contribution >= 4 is 17.3 Å². The molecule has 1 amide bonds. The van der Waals surface area contributed by atoms with Crippen LogP contribution in [0.4, 0.5) is 15.8 Å². The summed E-state index contributed by atoms with van der Waals surface area (Å²) in [7, 11) is 0. The summed E-state index contributed by atoms with van der Waals surface area (Å²) in [6.45, 7) is 1.75. The zero-order valence-electron chi connectivity index (χ0n) is 10.6. The van der Waals surface area contributed by atoms with E-state index in [1.807, 2.05) is 0 Å². The molecule has 19 heavy (non-hydrogen) atoms. The van der Waals surface area contributed by atoms with Crippen molar-refractivity contribution in [3.63, 3.8) is 0 Å². The molecule has 0 heterocycles. The van der Waals surface area contributed by atoms with Gasteiger partial charge in [-0.15, -0.1) is 0 Å². The van der Waals surface area contributed by atoms with Crippen molar-refractivity contribution < 1.29 is 9.18 Å². The number of nitrogens with two attached hydrogens (primary N) is 1. The first-order chi connectivity index (χ1) is 9.06. The summed E-state index contributed by atoms with van der Waals surface area (Å²) in [5.74, 6) is -0.677. The fraction of sp³-hybridized carbons (Fsp3) is 0.133. The Morgan fingerprint density at radius 3 is 2.53 bits per heavy atom. The lowest BCUT2D eigenvalue weighted by atomic mass is 10.1. The summed E-state index contributed by atoms with van der Waals surface area (Å²) < 4.78 is 13.6. The van der Waals surface area contributed by atoms with Crippen molar-refractivity contribution in [3.8, 4) is 0 Å². The molecule has 0 atom stereocenters. The number of nitrogen functional groups attached to an aromatic ring is 1. The van der Waals surface area contributed by atoms with Gasteiger partial charge in [0.05, 0.1) is 12.1 Å². The molecular weight excluding hydrogens is 243 g/mol. The SMILES string of the molecule is Cc1cccc(F)c1NC(=O)Cc1ccc(N)cc1. The van der Waals surface area contributed by atoms with Gasteiger partial charge in [0, 0.05) is 5.69 Å². The fourth-order valence-corrected chi connectivity index (χ4v) is 1.79. The largest absolute Gasteiger partial charge is 0.399 e. The van der Waals surface area contributed by atoms with Crippen molar-refractivity contribution in [3.05, 3.63) is 59.4 Å². The minimum Gasteiger partial charge on any atom is -0.399 e. The minimum absolute atomic E-state index is 0.189. The number of benzene rings is 2. The van der Waals surface area contributed by atoms with E-state index in [1.165, 1.54) is 6.07 Å². The number of anilines is 2. The maximum atomic E-state index is 13.6. The Balaban J connectivity index is 2.07. The molecule has 0 spiro atoms. The summed E-state index contributed by atoms with van der Waals surface area (Å²) in [6.07, 6.45) is 0.189. The second-order valence-electron chi connectivity index (χ2n) is 4.40. The van der Waals surface area contributed by atoms with Crippen LogP contribution < -0.4 is 11.1 Å². The topological polar surface area (TPSA) is 55.1 Å². The standard InChI is InChI=1S/C15H15FN2O/c1-10-3-2-4-13(16)15(10)18-14(19)9-11-5-7-12(17)8-6-11/h2-8H,9,17H2,1H3,(H,18,19). The number of halogens is 1. The van der Waals surface area contributed by atoms with E-state index < -0.39 is 5.82 Å². The molecule has 0 fully saturated rings. The summed E-state index contributed by atoms with van der Waals surface area (Å²) in [4.78, 5) is 11.9. The predicted octanol–water partition coefficient (Wildman–Crippen LogP) is 2.90. The van der Waals surface area contributed by atoms with Crippen molar-refractivity contribution in [2.75, 3.05) is 11.1 Å². The Morgan fingerprint density at radius 2 is 1.89 bits per heavy atom. The Morgan fingerprint density at radius 1 is 1.21 bits per heavy atom. The second kappa shape index (κ2) is 5.52. The molecule has 3 N–H and O–H groups in total. The molecule has 0 saturated carbocycles. The molecule has 0 saturated heterocycles. The van der Waals surface area contributed by atoms with Crippen LogP contribution in [0.3, 0.4) is 0 Å². The summed E-state index contributed by atoms with van der Waals surface area (Å²) in [5.41, 5.74) is 7.99. The van der Waals surface area contributed by atoms with E-state index >= 15 is 0 Å². The number of para-hydroxylation sites is 1. The number of carbonyl (C=O) groups excluding carboxylic acids is 1. The Hall–Kier alpha value is -2.36. The lowest BCUT2D eigenvalue weighted by Gasteiger charge is -2.09. The van der Waals surface area contributed by atoms with Crippen molar-refractivity contribution in [1.29, 1.82) is 0 Å². The highest BCUT2D eigenvalue weighted by Crippen LogP contribution is 2.19. The van der Waals surface area contributed by atoms with E-state index in [1.54, 1.807) is 43.3 Å². The van der Waals surface area contributed by atoms with Crippen molar-refractivity contribution in [2.45, 2.75) is 13.3 Å². The van der Waals surface area contributed by atoms with E-state index in [4.69, 9.17) is 5.73 Å². The smallest absolute Gasteiger partial charge is 0.228 e. The number of hydrogen-bond acceptors (Lipinski definition) is 2. The van der Waals surface area contributed by atoms with E-state index in [9.17, 15) is 9.18 Å². The fourth-order valence-electron chi connectivity index (χ4n) is 1.79. The highest BCUT2D eigenvalue weighted by molar-refractivity contribution is 5.93. The third kappa shape index (κ3) is 3.31. The summed E-state index contributed by atoms with van der Waals surface area (Å²) in [6, 6.07) is 11.7. The van der Waals surface area contributed by atoms with Gasteiger partial charge in [0.15, 0.2) is 0 Å². The molecule has 0 bridgehead atoms. The first kappa shape index (κ1) is 13.1. The van der Waals surface area contributed by atoms with Gasteiger partial charge in [0.25, 0.3) is 0 Å². The number of amides is 1. The number of aryl methyl sites for hydroxylation is 1. The van der Waals surface area contributed by atoms with Gasteiger partial charge in [0.2, 0.25) is 5.91 Å². The molecule has 3 nitrogen and oxygen atoms in total. The Kier molecular flexibility index (Phi) is 3.80. The zero-order chi connectivity index (χ0) is 13.8. The Labute approximate surface area is 111 Å². The van der Waals surface area contributed by atoms with Crippen LogP contribution in [0, 0.1) is 12.7 Å². The van der Waals surface area contributed by atoms with Gasteiger partial charge in [-0.1, -0.05) is 24.3 Å². The monoisotopic (exact) mass is 258 g/mol. The lowest BCUT2D eigenvalue weighted by Crippen LogP contribution is -2.16. The molecule has 0 aliphatic heterocycles. The molecule has 0 aliphatic carbocycles. The van der Waals surface area contributed by atoms with Crippen LogP contribution in [-0.2, 0) is 11.2 Å². The summed E-state index contributed by atoms with van der Waals surface area (Å²) in [5, 5.41) is 2.60. The van der Waals surface area contributed by atoms with Crippen molar-refractivity contribution in [1.82, 2.24) is 0 Å². The highest BCUT2D eigenvalue weighted by atomic mass is 19.1. The number of hydrogen-bond donors (Lipinski definition) is 2. The minimum atomic E-state index is -0.425. The maximum Gasteiger partial charge on any atom is 0.228 e. The normalized spacial score (nSPS) is 10.2. The number of carbonyl (C=O) groups is 1.